The van der Waals surface area contributed by atoms with E-state index in [1.807, 2.05) is 19.1 Å². The van der Waals surface area contributed by atoms with Crippen molar-refractivity contribution in [2.45, 2.75) is 39.5 Å². The van der Waals surface area contributed by atoms with Crippen LogP contribution in [0.15, 0.2) is 42.5 Å². The number of hydrogen-bond donors (Lipinski definition) is 1. The highest BCUT2D eigenvalue weighted by Gasteiger charge is 2.16. The van der Waals surface area contributed by atoms with Crippen LogP contribution >= 0.6 is 0 Å². The first-order valence-electron chi connectivity index (χ1n) is 8.64. The highest BCUT2D eigenvalue weighted by Crippen LogP contribution is 2.24. The minimum atomic E-state index is -1.05. The fourth-order valence-corrected chi connectivity index (χ4v) is 2.60. The molecule has 132 valence electrons. The molecule has 0 spiro atoms. The predicted molar refractivity (Wildman–Crippen MR) is 97.6 cm³/mol. The van der Waals surface area contributed by atoms with Crippen LogP contribution in [0.25, 0.3) is 0 Å². The zero-order valence-corrected chi connectivity index (χ0v) is 14.7. The summed E-state index contributed by atoms with van der Waals surface area (Å²) in [5, 5.41) is 9.10. The third-order valence-electron chi connectivity index (χ3n) is 4.01. The van der Waals surface area contributed by atoms with Crippen molar-refractivity contribution in [2.24, 2.45) is 0 Å². The van der Waals surface area contributed by atoms with Crippen molar-refractivity contribution < 1.29 is 19.4 Å². The second-order valence-electron chi connectivity index (χ2n) is 6.12. The van der Waals surface area contributed by atoms with Crippen molar-refractivity contribution in [3.05, 3.63) is 64.7 Å². The molecule has 0 fully saturated rings. The predicted octanol–water partition coefficient (Wildman–Crippen LogP) is 4.88. The Morgan fingerprint density at radius 2 is 1.76 bits per heavy atom. The number of aromatic carboxylic acids is 1. The van der Waals surface area contributed by atoms with E-state index in [0.717, 1.165) is 24.8 Å². The summed E-state index contributed by atoms with van der Waals surface area (Å²) in [4.78, 5) is 23.9. The van der Waals surface area contributed by atoms with Crippen LogP contribution in [0.3, 0.4) is 0 Å². The first-order valence-corrected chi connectivity index (χ1v) is 8.64. The monoisotopic (exact) mass is 340 g/mol. The Labute approximate surface area is 148 Å². The molecule has 4 heteroatoms. The Bertz CT molecular complexity index is 749. The Hall–Kier alpha value is -2.62. The standard InChI is InChI=1S/C21H24O4/c1-3-4-5-6-12-25-19-13-15(2)10-11-18(19)20(22)16-8-7-9-17(14-16)21(23)24/h7-11,13-14H,3-6,12H2,1-2H3,(H,23,24). The molecular formula is C21H24O4. The number of ketones is 1. The van der Waals surface area contributed by atoms with Crippen molar-refractivity contribution in [2.75, 3.05) is 6.61 Å². The van der Waals surface area contributed by atoms with E-state index in [0.29, 0.717) is 23.5 Å². The molecule has 2 aromatic carbocycles. The number of hydrogen-bond acceptors (Lipinski definition) is 3. The molecule has 0 radical (unpaired) electrons. The lowest BCUT2D eigenvalue weighted by Crippen LogP contribution is -2.08. The first-order chi connectivity index (χ1) is 12.0. The van der Waals surface area contributed by atoms with Gasteiger partial charge >= 0.3 is 5.97 Å². The molecule has 4 nitrogen and oxygen atoms in total. The van der Waals surface area contributed by atoms with Crippen LogP contribution in [0.2, 0.25) is 0 Å². The van der Waals surface area contributed by atoms with E-state index < -0.39 is 5.97 Å². The van der Waals surface area contributed by atoms with Gasteiger partial charge in [-0.2, -0.15) is 0 Å². The van der Waals surface area contributed by atoms with Crippen molar-refractivity contribution in [3.8, 4) is 5.75 Å². The number of carboxylic acid groups (broad SMARTS) is 1. The number of unbranched alkanes of at least 4 members (excludes halogenated alkanes) is 3. The minimum Gasteiger partial charge on any atom is -0.493 e. The van der Waals surface area contributed by atoms with Gasteiger partial charge in [-0.25, -0.2) is 4.79 Å². The Kier molecular flexibility index (Phi) is 6.75. The maximum Gasteiger partial charge on any atom is 0.335 e. The van der Waals surface area contributed by atoms with E-state index in [2.05, 4.69) is 6.92 Å². The van der Waals surface area contributed by atoms with Crippen molar-refractivity contribution in [3.63, 3.8) is 0 Å². The van der Waals surface area contributed by atoms with Gasteiger partial charge in [0.25, 0.3) is 0 Å². The van der Waals surface area contributed by atoms with E-state index in [-0.39, 0.29) is 11.3 Å². The van der Waals surface area contributed by atoms with Gasteiger partial charge in [0.05, 0.1) is 17.7 Å². The van der Waals surface area contributed by atoms with Crippen LogP contribution < -0.4 is 4.74 Å². The smallest absolute Gasteiger partial charge is 0.335 e. The average Bonchev–Trinajstić information content (AvgIpc) is 2.61. The number of aryl methyl sites for hydroxylation is 1. The molecule has 2 rings (SSSR count). The number of benzene rings is 2. The summed E-state index contributed by atoms with van der Waals surface area (Å²) in [6.45, 7) is 4.67. The van der Waals surface area contributed by atoms with Gasteiger partial charge in [0.2, 0.25) is 0 Å². The van der Waals surface area contributed by atoms with Gasteiger partial charge in [0, 0.05) is 5.56 Å². The molecule has 0 atom stereocenters. The number of rotatable bonds is 9. The van der Waals surface area contributed by atoms with Gasteiger partial charge in [-0.15, -0.1) is 0 Å². The highest BCUT2D eigenvalue weighted by atomic mass is 16.5. The summed E-state index contributed by atoms with van der Waals surface area (Å²) in [5.41, 5.74) is 1.92. The normalized spacial score (nSPS) is 10.5. The topological polar surface area (TPSA) is 63.6 Å². The fraction of sp³-hybridized carbons (Fsp3) is 0.333. The Morgan fingerprint density at radius 1 is 1.00 bits per heavy atom. The summed E-state index contributed by atoms with van der Waals surface area (Å²) in [5.74, 6) is -0.722. The maximum absolute atomic E-state index is 12.8. The highest BCUT2D eigenvalue weighted by molar-refractivity contribution is 6.11. The van der Waals surface area contributed by atoms with Crippen molar-refractivity contribution in [1.82, 2.24) is 0 Å². The fourth-order valence-electron chi connectivity index (χ4n) is 2.60. The molecule has 0 bridgehead atoms. The molecular weight excluding hydrogens is 316 g/mol. The third-order valence-corrected chi connectivity index (χ3v) is 4.01. The maximum atomic E-state index is 12.8. The third kappa shape index (κ3) is 5.18. The molecule has 0 aliphatic rings. The Morgan fingerprint density at radius 3 is 2.48 bits per heavy atom. The van der Waals surface area contributed by atoms with Gasteiger partial charge in [-0.05, 0) is 43.2 Å². The average molecular weight is 340 g/mol. The quantitative estimate of drug-likeness (QED) is 0.522. The van der Waals surface area contributed by atoms with Crippen LogP contribution in [0.5, 0.6) is 5.75 Å². The van der Waals surface area contributed by atoms with Gasteiger partial charge in [-0.1, -0.05) is 44.4 Å². The van der Waals surface area contributed by atoms with Crippen LogP contribution in [0, 0.1) is 6.92 Å². The molecule has 25 heavy (non-hydrogen) atoms. The summed E-state index contributed by atoms with van der Waals surface area (Å²) in [6.07, 6.45) is 4.38. The molecule has 0 saturated heterocycles. The molecule has 0 aliphatic carbocycles. The van der Waals surface area contributed by atoms with Crippen molar-refractivity contribution in [1.29, 1.82) is 0 Å². The summed E-state index contributed by atoms with van der Waals surface area (Å²) < 4.78 is 5.85. The van der Waals surface area contributed by atoms with Gasteiger partial charge < -0.3 is 9.84 Å². The SMILES string of the molecule is CCCCCCOc1cc(C)ccc1C(=O)c1cccc(C(=O)O)c1. The zero-order chi connectivity index (χ0) is 18.2. The second kappa shape index (κ2) is 9.02. The molecule has 0 amide bonds. The largest absolute Gasteiger partial charge is 0.493 e. The van der Waals surface area contributed by atoms with Gasteiger partial charge in [0.15, 0.2) is 5.78 Å². The van der Waals surface area contributed by atoms with Crippen LogP contribution in [-0.2, 0) is 0 Å². The van der Waals surface area contributed by atoms with E-state index in [4.69, 9.17) is 9.84 Å². The van der Waals surface area contributed by atoms with E-state index in [1.165, 1.54) is 18.6 Å². The number of carbonyl (C=O) groups is 2. The number of ether oxygens (including phenoxy) is 1. The lowest BCUT2D eigenvalue weighted by Gasteiger charge is -2.12. The minimum absolute atomic E-state index is 0.0972. The second-order valence-corrected chi connectivity index (χ2v) is 6.12. The van der Waals surface area contributed by atoms with Crippen molar-refractivity contribution >= 4 is 11.8 Å². The Balaban J connectivity index is 2.21. The summed E-state index contributed by atoms with van der Waals surface area (Å²) >= 11 is 0. The molecule has 2 aromatic rings. The molecule has 0 heterocycles. The van der Waals surface area contributed by atoms with E-state index >= 15 is 0 Å². The zero-order valence-electron chi connectivity index (χ0n) is 14.7. The van der Waals surface area contributed by atoms with Gasteiger partial charge in [-0.3, -0.25) is 4.79 Å². The van der Waals surface area contributed by atoms with Gasteiger partial charge in [0.1, 0.15) is 5.75 Å². The van der Waals surface area contributed by atoms with E-state index in [9.17, 15) is 9.59 Å². The number of carboxylic acids is 1. The first kappa shape index (κ1) is 18.7. The summed E-state index contributed by atoms with van der Waals surface area (Å²) in [7, 11) is 0. The lowest BCUT2D eigenvalue weighted by molar-refractivity contribution is 0.0697. The molecule has 0 unspecified atom stereocenters. The molecule has 0 aromatic heterocycles. The molecule has 1 N–H and O–H groups in total. The lowest BCUT2D eigenvalue weighted by atomic mass is 9.99. The molecule has 0 saturated carbocycles. The molecule has 0 aliphatic heterocycles. The van der Waals surface area contributed by atoms with Crippen LogP contribution in [0.1, 0.15) is 64.4 Å². The summed E-state index contributed by atoms with van der Waals surface area (Å²) in [6, 6.07) is 11.5. The number of carbonyl (C=O) groups excluding carboxylic acids is 1. The van der Waals surface area contributed by atoms with Crippen LogP contribution in [0.4, 0.5) is 0 Å². The van der Waals surface area contributed by atoms with Crippen LogP contribution in [-0.4, -0.2) is 23.5 Å². The van der Waals surface area contributed by atoms with E-state index in [1.54, 1.807) is 18.2 Å².